The lowest BCUT2D eigenvalue weighted by Gasteiger charge is -2.38. The summed E-state index contributed by atoms with van der Waals surface area (Å²) in [5.41, 5.74) is 2.65. The number of hydrogen-bond acceptors (Lipinski definition) is 6. The van der Waals surface area contributed by atoms with Crippen molar-refractivity contribution in [3.8, 4) is 0 Å². The number of aldehydes is 1. The molecule has 1 aromatic carbocycles. The molecule has 0 radical (unpaired) electrons. The average molecular weight is 350 g/mol. The number of rotatable bonds is 5. The molecule has 0 amide bonds. The van der Waals surface area contributed by atoms with Crippen LogP contribution in [0, 0.1) is 0 Å². The van der Waals surface area contributed by atoms with Crippen LogP contribution < -0.4 is 4.90 Å². The summed E-state index contributed by atoms with van der Waals surface area (Å²) < 4.78 is 0. The molecule has 1 aliphatic rings. The fraction of sp³-hybridized carbons (Fsp3) is 0.368. The standard InChI is InChI=1S/C19H22N6O/c1-2-16-22-17-18(23-16)20-13-21-19(17)25-10-8-24(9-11-25)15(12-26)14-6-4-3-5-7-14/h3-7,12-13,15H,2,8-11H2,1H3,(H,20,21,22,23). The first-order valence-electron chi connectivity index (χ1n) is 8.99. The average Bonchev–Trinajstić information content (AvgIpc) is 3.13. The maximum absolute atomic E-state index is 11.7. The van der Waals surface area contributed by atoms with E-state index in [9.17, 15) is 4.79 Å². The fourth-order valence-electron chi connectivity index (χ4n) is 3.51. The molecule has 0 saturated carbocycles. The second kappa shape index (κ2) is 7.21. The van der Waals surface area contributed by atoms with Gasteiger partial charge in [0.1, 0.15) is 24.0 Å². The second-order valence-corrected chi connectivity index (χ2v) is 6.45. The number of imidazole rings is 1. The van der Waals surface area contributed by atoms with Crippen molar-refractivity contribution in [2.45, 2.75) is 19.4 Å². The van der Waals surface area contributed by atoms with Crippen molar-refractivity contribution < 1.29 is 4.79 Å². The van der Waals surface area contributed by atoms with E-state index in [1.165, 1.54) is 0 Å². The van der Waals surface area contributed by atoms with E-state index in [4.69, 9.17) is 0 Å². The summed E-state index contributed by atoms with van der Waals surface area (Å²) in [4.78, 5) is 32.7. The molecule has 3 aromatic rings. The normalized spacial score (nSPS) is 16.7. The number of benzene rings is 1. The number of carbonyl (C=O) groups is 1. The largest absolute Gasteiger partial charge is 0.352 e. The van der Waals surface area contributed by atoms with Gasteiger partial charge in [-0.25, -0.2) is 15.0 Å². The van der Waals surface area contributed by atoms with Gasteiger partial charge in [0.2, 0.25) is 0 Å². The van der Waals surface area contributed by atoms with Gasteiger partial charge in [-0.1, -0.05) is 37.3 Å². The van der Waals surface area contributed by atoms with Crippen LogP contribution in [-0.4, -0.2) is 57.3 Å². The fourth-order valence-corrected chi connectivity index (χ4v) is 3.51. The topological polar surface area (TPSA) is 78.0 Å². The number of aromatic amines is 1. The molecule has 0 bridgehead atoms. The van der Waals surface area contributed by atoms with Crippen molar-refractivity contribution >= 4 is 23.3 Å². The lowest BCUT2D eigenvalue weighted by molar-refractivity contribution is -0.112. The minimum absolute atomic E-state index is 0.192. The predicted molar refractivity (Wildman–Crippen MR) is 100 cm³/mol. The zero-order valence-electron chi connectivity index (χ0n) is 14.8. The molecule has 26 heavy (non-hydrogen) atoms. The molecule has 0 aliphatic carbocycles. The van der Waals surface area contributed by atoms with Crippen LogP contribution in [0.25, 0.3) is 11.2 Å². The van der Waals surface area contributed by atoms with Crippen molar-refractivity contribution in [2.24, 2.45) is 0 Å². The summed E-state index contributed by atoms with van der Waals surface area (Å²) in [5, 5.41) is 0. The summed E-state index contributed by atoms with van der Waals surface area (Å²) in [6, 6.07) is 9.75. The highest BCUT2D eigenvalue weighted by Crippen LogP contribution is 2.25. The summed E-state index contributed by atoms with van der Waals surface area (Å²) in [7, 11) is 0. The molecule has 1 atom stereocenters. The van der Waals surface area contributed by atoms with E-state index in [1.807, 2.05) is 30.3 Å². The lowest BCUT2D eigenvalue weighted by atomic mass is 10.1. The first-order valence-corrected chi connectivity index (χ1v) is 8.99. The number of nitrogens with zero attached hydrogens (tertiary/aromatic N) is 5. The smallest absolute Gasteiger partial charge is 0.183 e. The SMILES string of the molecule is CCc1nc2ncnc(N3CCN(C(C=O)c4ccccc4)CC3)c2[nH]1. The Hall–Kier alpha value is -2.80. The minimum atomic E-state index is -0.192. The quantitative estimate of drug-likeness (QED) is 0.709. The van der Waals surface area contributed by atoms with Crippen molar-refractivity contribution in [1.82, 2.24) is 24.8 Å². The van der Waals surface area contributed by atoms with E-state index >= 15 is 0 Å². The van der Waals surface area contributed by atoms with Crippen molar-refractivity contribution in [1.29, 1.82) is 0 Å². The molecule has 1 saturated heterocycles. The molecule has 1 fully saturated rings. The number of fused-ring (bicyclic) bond motifs is 1. The summed E-state index contributed by atoms with van der Waals surface area (Å²) in [6.07, 6.45) is 3.44. The Morgan fingerprint density at radius 1 is 1.15 bits per heavy atom. The summed E-state index contributed by atoms with van der Waals surface area (Å²) in [5.74, 6) is 1.81. The van der Waals surface area contributed by atoms with Crippen LogP contribution in [-0.2, 0) is 11.2 Å². The zero-order chi connectivity index (χ0) is 17.9. The Balaban J connectivity index is 1.52. The molecular formula is C19H22N6O. The number of H-pyrrole nitrogens is 1. The highest BCUT2D eigenvalue weighted by Gasteiger charge is 2.26. The Morgan fingerprint density at radius 2 is 1.92 bits per heavy atom. The van der Waals surface area contributed by atoms with Crippen LogP contribution in [0.1, 0.15) is 24.4 Å². The molecule has 7 heteroatoms. The Bertz CT molecular complexity index is 885. The maximum Gasteiger partial charge on any atom is 0.183 e. The third-order valence-electron chi connectivity index (χ3n) is 4.93. The van der Waals surface area contributed by atoms with E-state index < -0.39 is 0 Å². The molecular weight excluding hydrogens is 328 g/mol. The van der Waals surface area contributed by atoms with Crippen LogP contribution in [0.4, 0.5) is 5.82 Å². The number of aromatic nitrogens is 4. The first-order chi connectivity index (χ1) is 12.8. The van der Waals surface area contributed by atoms with Crippen LogP contribution in [0.5, 0.6) is 0 Å². The van der Waals surface area contributed by atoms with Gasteiger partial charge in [-0.2, -0.15) is 0 Å². The van der Waals surface area contributed by atoms with Gasteiger partial charge in [0.25, 0.3) is 0 Å². The molecule has 1 N–H and O–H groups in total. The highest BCUT2D eigenvalue weighted by molar-refractivity contribution is 5.83. The molecule has 2 aromatic heterocycles. The number of piperazine rings is 1. The van der Waals surface area contributed by atoms with E-state index in [1.54, 1.807) is 6.33 Å². The molecule has 0 spiro atoms. The second-order valence-electron chi connectivity index (χ2n) is 6.45. The summed E-state index contributed by atoms with van der Waals surface area (Å²) >= 11 is 0. The van der Waals surface area contributed by atoms with Crippen molar-refractivity contribution in [3.63, 3.8) is 0 Å². The van der Waals surface area contributed by atoms with Crippen LogP contribution in [0.3, 0.4) is 0 Å². The monoisotopic (exact) mass is 350 g/mol. The number of hydrogen-bond donors (Lipinski definition) is 1. The molecule has 134 valence electrons. The first kappa shape index (κ1) is 16.7. The van der Waals surface area contributed by atoms with E-state index in [2.05, 4.69) is 36.7 Å². The lowest BCUT2D eigenvalue weighted by Crippen LogP contribution is -2.48. The predicted octanol–water partition coefficient (Wildman–Crippen LogP) is 1.98. The molecule has 1 aliphatic heterocycles. The third kappa shape index (κ3) is 3.06. The number of aryl methyl sites for hydroxylation is 1. The highest BCUT2D eigenvalue weighted by atomic mass is 16.1. The minimum Gasteiger partial charge on any atom is -0.352 e. The van der Waals surface area contributed by atoms with E-state index in [0.717, 1.165) is 61.6 Å². The van der Waals surface area contributed by atoms with Gasteiger partial charge in [0, 0.05) is 32.6 Å². The molecule has 4 rings (SSSR count). The summed E-state index contributed by atoms with van der Waals surface area (Å²) in [6.45, 7) is 5.29. The van der Waals surface area contributed by atoms with Gasteiger partial charge in [0.15, 0.2) is 11.5 Å². The van der Waals surface area contributed by atoms with Crippen LogP contribution >= 0.6 is 0 Å². The molecule has 3 heterocycles. The van der Waals surface area contributed by atoms with Gasteiger partial charge in [0.05, 0.1) is 6.04 Å². The Kier molecular flexibility index (Phi) is 4.62. The van der Waals surface area contributed by atoms with Gasteiger partial charge in [-0.05, 0) is 5.56 Å². The Morgan fingerprint density at radius 3 is 2.62 bits per heavy atom. The number of anilines is 1. The van der Waals surface area contributed by atoms with Gasteiger partial charge >= 0.3 is 0 Å². The zero-order valence-corrected chi connectivity index (χ0v) is 14.8. The van der Waals surface area contributed by atoms with E-state index in [-0.39, 0.29) is 6.04 Å². The third-order valence-corrected chi connectivity index (χ3v) is 4.93. The number of carbonyl (C=O) groups excluding carboxylic acids is 1. The van der Waals surface area contributed by atoms with Crippen LogP contribution in [0.2, 0.25) is 0 Å². The molecule has 1 unspecified atom stereocenters. The molecule has 7 nitrogen and oxygen atoms in total. The Labute approximate surface area is 152 Å². The van der Waals surface area contributed by atoms with Crippen molar-refractivity contribution in [3.05, 3.63) is 48.0 Å². The maximum atomic E-state index is 11.7. The van der Waals surface area contributed by atoms with E-state index in [0.29, 0.717) is 5.65 Å². The van der Waals surface area contributed by atoms with Crippen LogP contribution in [0.15, 0.2) is 36.7 Å². The van der Waals surface area contributed by atoms with Gasteiger partial charge in [-0.15, -0.1) is 0 Å². The van der Waals surface area contributed by atoms with Gasteiger partial charge in [-0.3, -0.25) is 4.90 Å². The van der Waals surface area contributed by atoms with Crippen molar-refractivity contribution in [2.75, 3.05) is 31.1 Å². The van der Waals surface area contributed by atoms with Gasteiger partial charge < -0.3 is 14.7 Å². The number of nitrogens with one attached hydrogen (secondary N) is 1.